The Labute approximate surface area is 165 Å². The molecule has 1 aliphatic rings. The summed E-state index contributed by atoms with van der Waals surface area (Å²) in [5.41, 5.74) is 1.02. The van der Waals surface area contributed by atoms with Crippen LogP contribution < -0.4 is 5.32 Å². The van der Waals surface area contributed by atoms with Crippen molar-refractivity contribution in [2.75, 3.05) is 31.5 Å². The van der Waals surface area contributed by atoms with Crippen molar-refractivity contribution >= 4 is 17.6 Å². The summed E-state index contributed by atoms with van der Waals surface area (Å²) in [6, 6.07) is 11.3. The molecule has 148 valence electrons. The normalized spacial score (nSPS) is 14.7. The molecule has 2 amide bonds. The van der Waals surface area contributed by atoms with Crippen molar-refractivity contribution in [1.82, 2.24) is 19.8 Å². The molecule has 0 atom stereocenters. The first-order valence-corrected chi connectivity index (χ1v) is 9.50. The first-order chi connectivity index (χ1) is 13.2. The smallest absolute Gasteiger partial charge is 0.272 e. The van der Waals surface area contributed by atoms with E-state index in [0.717, 1.165) is 5.56 Å². The van der Waals surface area contributed by atoms with Crippen LogP contribution in [-0.4, -0.2) is 63.3 Å². The lowest BCUT2D eigenvalue weighted by Crippen LogP contribution is -2.50. The van der Waals surface area contributed by atoms with E-state index in [-0.39, 0.29) is 17.4 Å². The summed E-state index contributed by atoms with van der Waals surface area (Å²) in [6.07, 6.45) is 0. The van der Waals surface area contributed by atoms with E-state index in [4.69, 9.17) is 0 Å². The number of nitrogens with one attached hydrogen (secondary N) is 1. The topological polar surface area (TPSA) is 78.4 Å². The third-order valence-corrected chi connectivity index (χ3v) is 4.49. The Morgan fingerprint density at radius 2 is 1.57 bits per heavy atom. The van der Waals surface area contributed by atoms with Crippen LogP contribution >= 0.6 is 0 Å². The minimum absolute atomic E-state index is 0.0390. The molecule has 1 aliphatic heterocycles. The molecule has 3 rings (SSSR count). The van der Waals surface area contributed by atoms with Gasteiger partial charge in [-0.2, -0.15) is 0 Å². The summed E-state index contributed by atoms with van der Waals surface area (Å²) in [4.78, 5) is 37.2. The first kappa shape index (κ1) is 19.8. The Bertz CT molecular complexity index is 853. The predicted octanol–water partition coefficient (Wildman–Crippen LogP) is 2.66. The van der Waals surface area contributed by atoms with E-state index in [1.54, 1.807) is 22.8 Å². The molecule has 0 spiro atoms. The molecule has 1 N–H and O–H groups in total. The van der Waals surface area contributed by atoms with Gasteiger partial charge in [-0.25, -0.2) is 9.97 Å². The van der Waals surface area contributed by atoms with Crippen molar-refractivity contribution < 1.29 is 9.59 Å². The Morgan fingerprint density at radius 3 is 2.14 bits per heavy atom. The largest absolute Gasteiger partial charge is 0.365 e. The second kappa shape index (κ2) is 7.96. The number of amides is 2. The molecule has 0 aliphatic carbocycles. The first-order valence-electron chi connectivity index (χ1n) is 9.50. The van der Waals surface area contributed by atoms with Crippen LogP contribution in [0.2, 0.25) is 0 Å². The molecule has 1 fully saturated rings. The van der Waals surface area contributed by atoms with E-state index >= 15 is 0 Å². The van der Waals surface area contributed by atoms with Crippen LogP contribution in [0.15, 0.2) is 36.4 Å². The summed E-state index contributed by atoms with van der Waals surface area (Å²) in [7, 11) is 0. The zero-order valence-electron chi connectivity index (χ0n) is 16.9. The third kappa shape index (κ3) is 4.85. The van der Waals surface area contributed by atoms with Crippen LogP contribution in [0.5, 0.6) is 0 Å². The molecule has 0 radical (unpaired) electrons. The average Bonchev–Trinajstić information content (AvgIpc) is 2.66. The Morgan fingerprint density at radius 1 is 0.964 bits per heavy atom. The van der Waals surface area contributed by atoms with Crippen molar-refractivity contribution in [3.8, 4) is 11.4 Å². The monoisotopic (exact) mass is 381 g/mol. The number of carbonyl (C=O) groups excluding carboxylic acids is 2. The number of anilines is 1. The predicted molar refractivity (Wildman–Crippen MR) is 109 cm³/mol. The highest BCUT2D eigenvalue weighted by molar-refractivity contribution is 5.93. The van der Waals surface area contributed by atoms with Gasteiger partial charge in [0, 0.05) is 50.3 Å². The van der Waals surface area contributed by atoms with Gasteiger partial charge in [0.05, 0.1) is 0 Å². The Hall–Kier alpha value is -2.96. The van der Waals surface area contributed by atoms with Gasteiger partial charge < -0.3 is 15.1 Å². The van der Waals surface area contributed by atoms with Crippen molar-refractivity contribution in [3.05, 3.63) is 42.1 Å². The molecule has 28 heavy (non-hydrogen) atoms. The van der Waals surface area contributed by atoms with Crippen molar-refractivity contribution in [1.29, 1.82) is 0 Å². The van der Waals surface area contributed by atoms with Crippen LogP contribution in [-0.2, 0) is 4.79 Å². The van der Waals surface area contributed by atoms with E-state index in [0.29, 0.717) is 43.5 Å². The van der Waals surface area contributed by atoms with Crippen LogP contribution in [0.4, 0.5) is 5.82 Å². The lowest BCUT2D eigenvalue weighted by molar-refractivity contribution is -0.130. The van der Waals surface area contributed by atoms with E-state index < -0.39 is 0 Å². The van der Waals surface area contributed by atoms with Gasteiger partial charge in [0.2, 0.25) is 5.91 Å². The van der Waals surface area contributed by atoms with E-state index in [2.05, 4.69) is 15.3 Å². The Kier molecular flexibility index (Phi) is 5.63. The fourth-order valence-electron chi connectivity index (χ4n) is 3.11. The molecule has 7 heteroatoms. The van der Waals surface area contributed by atoms with Crippen LogP contribution in [0.1, 0.15) is 38.2 Å². The molecule has 2 aromatic rings. The fourth-order valence-corrected chi connectivity index (χ4v) is 3.11. The minimum atomic E-state index is -0.199. The molecule has 0 bridgehead atoms. The SMILES string of the molecule is CC(=O)N1CCN(C(=O)c2cc(NC(C)(C)C)nc(-c3ccccc3)n2)CC1. The number of carbonyl (C=O) groups is 2. The second-order valence-corrected chi connectivity index (χ2v) is 8.00. The molecule has 1 saturated heterocycles. The molecule has 7 nitrogen and oxygen atoms in total. The molecule has 0 saturated carbocycles. The maximum Gasteiger partial charge on any atom is 0.272 e. The molecule has 1 aromatic heterocycles. The number of rotatable bonds is 3. The summed E-state index contributed by atoms with van der Waals surface area (Å²) < 4.78 is 0. The highest BCUT2D eigenvalue weighted by Crippen LogP contribution is 2.21. The average molecular weight is 381 g/mol. The van der Waals surface area contributed by atoms with Gasteiger partial charge in [0.15, 0.2) is 5.82 Å². The highest BCUT2D eigenvalue weighted by Gasteiger charge is 2.25. The van der Waals surface area contributed by atoms with Gasteiger partial charge in [-0.1, -0.05) is 30.3 Å². The van der Waals surface area contributed by atoms with Gasteiger partial charge in [0.1, 0.15) is 11.5 Å². The van der Waals surface area contributed by atoms with E-state index in [9.17, 15) is 9.59 Å². The zero-order valence-corrected chi connectivity index (χ0v) is 16.9. The summed E-state index contributed by atoms with van der Waals surface area (Å²) in [5.74, 6) is 1.03. The zero-order chi connectivity index (χ0) is 20.3. The fraction of sp³-hybridized carbons (Fsp3) is 0.429. The van der Waals surface area contributed by atoms with Crippen molar-refractivity contribution in [2.45, 2.75) is 33.2 Å². The molecule has 1 aromatic carbocycles. The standard InChI is InChI=1S/C21H27N5O2/c1-15(27)25-10-12-26(13-11-25)20(28)17-14-18(24-21(2,3)4)23-19(22-17)16-8-6-5-7-9-16/h5-9,14H,10-13H2,1-4H3,(H,22,23,24). The number of aromatic nitrogens is 2. The molecular formula is C21H27N5O2. The van der Waals surface area contributed by atoms with Gasteiger partial charge in [-0.05, 0) is 20.8 Å². The summed E-state index contributed by atoms with van der Waals surface area (Å²) >= 11 is 0. The van der Waals surface area contributed by atoms with Crippen molar-refractivity contribution in [2.24, 2.45) is 0 Å². The second-order valence-electron chi connectivity index (χ2n) is 8.00. The molecule has 2 heterocycles. The number of piperazine rings is 1. The van der Waals surface area contributed by atoms with Gasteiger partial charge in [0.25, 0.3) is 5.91 Å². The van der Waals surface area contributed by atoms with Gasteiger partial charge in [-0.3, -0.25) is 9.59 Å². The third-order valence-electron chi connectivity index (χ3n) is 4.49. The van der Waals surface area contributed by atoms with E-state index in [1.165, 1.54) is 0 Å². The van der Waals surface area contributed by atoms with E-state index in [1.807, 2.05) is 51.1 Å². The number of hydrogen-bond acceptors (Lipinski definition) is 5. The number of nitrogens with zero attached hydrogens (tertiary/aromatic N) is 4. The van der Waals surface area contributed by atoms with Crippen LogP contribution in [0, 0.1) is 0 Å². The Balaban J connectivity index is 1.90. The minimum Gasteiger partial charge on any atom is -0.365 e. The molecular weight excluding hydrogens is 354 g/mol. The van der Waals surface area contributed by atoms with Crippen LogP contribution in [0.3, 0.4) is 0 Å². The summed E-state index contributed by atoms with van der Waals surface area (Å²) in [5, 5.41) is 3.34. The molecule has 0 unspecified atom stereocenters. The maximum atomic E-state index is 13.1. The van der Waals surface area contributed by atoms with Crippen LogP contribution in [0.25, 0.3) is 11.4 Å². The lowest BCUT2D eigenvalue weighted by atomic mass is 10.1. The van der Waals surface area contributed by atoms with Crippen molar-refractivity contribution in [3.63, 3.8) is 0 Å². The summed E-state index contributed by atoms with van der Waals surface area (Å²) in [6.45, 7) is 9.78. The maximum absolute atomic E-state index is 13.1. The van der Waals surface area contributed by atoms with Gasteiger partial charge >= 0.3 is 0 Å². The number of hydrogen-bond donors (Lipinski definition) is 1. The number of benzene rings is 1. The highest BCUT2D eigenvalue weighted by atomic mass is 16.2. The van der Waals surface area contributed by atoms with Gasteiger partial charge in [-0.15, -0.1) is 0 Å². The quantitative estimate of drug-likeness (QED) is 0.884. The lowest BCUT2D eigenvalue weighted by Gasteiger charge is -2.34.